The van der Waals surface area contributed by atoms with Gasteiger partial charge in [0.25, 0.3) is 0 Å². The minimum atomic E-state index is 0.366. The predicted octanol–water partition coefficient (Wildman–Crippen LogP) is 4.32. The SMILES string of the molecule is CCCNC(C1=CCCCCC1)c1cncc(C)c1. The Morgan fingerprint density at radius 3 is 2.95 bits per heavy atom. The van der Waals surface area contributed by atoms with Gasteiger partial charge in [0.1, 0.15) is 0 Å². The molecule has 1 aromatic heterocycles. The Kier molecular flexibility index (Phi) is 5.59. The molecule has 1 heterocycles. The number of aryl methyl sites for hydroxylation is 1. The molecule has 2 nitrogen and oxygen atoms in total. The minimum absolute atomic E-state index is 0.366. The second-order valence-electron chi connectivity index (χ2n) is 5.56. The Bertz CT molecular complexity index is 423. The van der Waals surface area contributed by atoms with Gasteiger partial charge in [0.2, 0.25) is 0 Å². The number of rotatable bonds is 5. The molecule has 19 heavy (non-hydrogen) atoms. The lowest BCUT2D eigenvalue weighted by Gasteiger charge is -2.22. The summed E-state index contributed by atoms with van der Waals surface area (Å²) >= 11 is 0. The maximum Gasteiger partial charge on any atom is 0.0551 e. The van der Waals surface area contributed by atoms with E-state index in [0.717, 1.165) is 6.54 Å². The molecule has 0 bridgehead atoms. The molecule has 1 unspecified atom stereocenters. The quantitative estimate of drug-likeness (QED) is 0.796. The molecule has 0 amide bonds. The Labute approximate surface area is 117 Å². The fraction of sp³-hybridized carbons (Fsp3) is 0.588. The molecule has 0 saturated heterocycles. The standard InChI is InChI=1S/C17H26N2/c1-3-10-19-17(15-8-6-4-5-7-9-15)16-11-14(2)12-18-13-16/h8,11-13,17,19H,3-7,9-10H2,1-2H3. The van der Waals surface area contributed by atoms with E-state index >= 15 is 0 Å². The molecule has 0 radical (unpaired) electrons. The molecule has 2 heteroatoms. The lowest BCUT2D eigenvalue weighted by Crippen LogP contribution is -2.24. The van der Waals surface area contributed by atoms with Gasteiger partial charge in [-0.3, -0.25) is 4.98 Å². The van der Waals surface area contributed by atoms with Crippen LogP contribution in [0.25, 0.3) is 0 Å². The highest BCUT2D eigenvalue weighted by atomic mass is 14.9. The van der Waals surface area contributed by atoms with Crippen molar-refractivity contribution < 1.29 is 0 Å². The van der Waals surface area contributed by atoms with Crippen LogP contribution in [-0.2, 0) is 0 Å². The molecule has 0 aliphatic heterocycles. The van der Waals surface area contributed by atoms with E-state index in [1.807, 2.05) is 12.4 Å². The number of nitrogens with one attached hydrogen (secondary N) is 1. The van der Waals surface area contributed by atoms with Crippen LogP contribution in [0.3, 0.4) is 0 Å². The van der Waals surface area contributed by atoms with Gasteiger partial charge in [0.15, 0.2) is 0 Å². The van der Waals surface area contributed by atoms with E-state index in [1.165, 1.54) is 49.7 Å². The second kappa shape index (κ2) is 7.44. The zero-order valence-electron chi connectivity index (χ0n) is 12.3. The lowest BCUT2D eigenvalue weighted by molar-refractivity contribution is 0.565. The molecule has 0 aromatic carbocycles. The van der Waals surface area contributed by atoms with Crippen molar-refractivity contribution in [2.45, 2.75) is 58.4 Å². The van der Waals surface area contributed by atoms with Gasteiger partial charge >= 0.3 is 0 Å². The zero-order valence-corrected chi connectivity index (χ0v) is 12.3. The molecule has 104 valence electrons. The first-order valence-electron chi connectivity index (χ1n) is 7.65. The van der Waals surface area contributed by atoms with Crippen molar-refractivity contribution in [1.29, 1.82) is 0 Å². The monoisotopic (exact) mass is 258 g/mol. The third-order valence-corrected chi connectivity index (χ3v) is 3.77. The van der Waals surface area contributed by atoms with Crippen LogP contribution in [-0.4, -0.2) is 11.5 Å². The summed E-state index contributed by atoms with van der Waals surface area (Å²) in [7, 11) is 0. The highest BCUT2D eigenvalue weighted by Crippen LogP contribution is 2.29. The Hall–Kier alpha value is -1.15. The van der Waals surface area contributed by atoms with E-state index in [2.05, 4.69) is 36.3 Å². The lowest BCUT2D eigenvalue weighted by atomic mass is 9.95. The summed E-state index contributed by atoms with van der Waals surface area (Å²) in [5.74, 6) is 0. The summed E-state index contributed by atoms with van der Waals surface area (Å²) in [6.45, 7) is 5.41. The second-order valence-corrected chi connectivity index (χ2v) is 5.56. The third-order valence-electron chi connectivity index (χ3n) is 3.77. The van der Waals surface area contributed by atoms with Crippen molar-refractivity contribution in [3.63, 3.8) is 0 Å². The molecule has 1 aliphatic rings. The molecule has 0 saturated carbocycles. The summed E-state index contributed by atoms with van der Waals surface area (Å²) in [4.78, 5) is 4.36. The van der Waals surface area contributed by atoms with Crippen LogP contribution < -0.4 is 5.32 Å². The van der Waals surface area contributed by atoms with Crippen LogP contribution in [0.4, 0.5) is 0 Å². The molecule has 2 rings (SSSR count). The normalized spacial score (nSPS) is 17.7. The fourth-order valence-corrected chi connectivity index (χ4v) is 2.79. The molecule has 1 aliphatic carbocycles. The largest absolute Gasteiger partial charge is 0.306 e. The van der Waals surface area contributed by atoms with Crippen molar-refractivity contribution in [2.75, 3.05) is 6.54 Å². The van der Waals surface area contributed by atoms with Crippen LogP contribution in [0.15, 0.2) is 30.1 Å². The van der Waals surface area contributed by atoms with Crippen molar-refractivity contribution in [2.24, 2.45) is 0 Å². The first kappa shape index (κ1) is 14.3. The molecular weight excluding hydrogens is 232 g/mol. The molecule has 1 atom stereocenters. The van der Waals surface area contributed by atoms with Gasteiger partial charge in [-0.15, -0.1) is 0 Å². The Morgan fingerprint density at radius 2 is 2.16 bits per heavy atom. The number of pyridine rings is 1. The highest BCUT2D eigenvalue weighted by molar-refractivity contribution is 5.29. The zero-order chi connectivity index (χ0) is 13.5. The number of nitrogens with zero attached hydrogens (tertiary/aromatic N) is 1. The van der Waals surface area contributed by atoms with Gasteiger partial charge in [-0.05, 0) is 56.7 Å². The first-order chi connectivity index (χ1) is 9.31. The maximum atomic E-state index is 4.36. The van der Waals surface area contributed by atoms with Crippen LogP contribution in [0.2, 0.25) is 0 Å². The smallest absolute Gasteiger partial charge is 0.0551 e. The third kappa shape index (κ3) is 4.17. The minimum Gasteiger partial charge on any atom is -0.306 e. The summed E-state index contributed by atoms with van der Waals surface area (Å²) in [6, 6.07) is 2.64. The summed E-state index contributed by atoms with van der Waals surface area (Å²) in [5, 5.41) is 3.70. The van der Waals surface area contributed by atoms with Crippen LogP contribution in [0.5, 0.6) is 0 Å². The van der Waals surface area contributed by atoms with E-state index in [0.29, 0.717) is 6.04 Å². The predicted molar refractivity (Wildman–Crippen MR) is 81.2 cm³/mol. The number of hydrogen-bond donors (Lipinski definition) is 1. The van der Waals surface area contributed by atoms with Crippen molar-refractivity contribution in [3.05, 3.63) is 41.2 Å². The van der Waals surface area contributed by atoms with E-state index in [4.69, 9.17) is 0 Å². The molecule has 0 fully saturated rings. The average Bonchev–Trinajstić information content (AvgIpc) is 2.68. The van der Waals surface area contributed by atoms with E-state index < -0.39 is 0 Å². The fourth-order valence-electron chi connectivity index (χ4n) is 2.79. The Balaban J connectivity index is 2.21. The van der Waals surface area contributed by atoms with Crippen molar-refractivity contribution >= 4 is 0 Å². The van der Waals surface area contributed by atoms with Gasteiger partial charge in [-0.1, -0.05) is 31.1 Å². The first-order valence-corrected chi connectivity index (χ1v) is 7.65. The van der Waals surface area contributed by atoms with E-state index in [9.17, 15) is 0 Å². The van der Waals surface area contributed by atoms with Gasteiger partial charge in [0.05, 0.1) is 6.04 Å². The summed E-state index contributed by atoms with van der Waals surface area (Å²) in [6.07, 6.45) is 14.1. The molecule has 1 aromatic rings. The number of aromatic nitrogens is 1. The molecular formula is C17H26N2. The van der Waals surface area contributed by atoms with Gasteiger partial charge in [-0.2, -0.15) is 0 Å². The van der Waals surface area contributed by atoms with E-state index in [1.54, 1.807) is 5.57 Å². The topological polar surface area (TPSA) is 24.9 Å². The summed E-state index contributed by atoms with van der Waals surface area (Å²) < 4.78 is 0. The van der Waals surface area contributed by atoms with Crippen LogP contribution in [0, 0.1) is 6.92 Å². The van der Waals surface area contributed by atoms with Crippen molar-refractivity contribution in [1.82, 2.24) is 10.3 Å². The van der Waals surface area contributed by atoms with Gasteiger partial charge < -0.3 is 5.32 Å². The highest BCUT2D eigenvalue weighted by Gasteiger charge is 2.17. The number of hydrogen-bond acceptors (Lipinski definition) is 2. The van der Waals surface area contributed by atoms with Crippen LogP contribution >= 0.6 is 0 Å². The van der Waals surface area contributed by atoms with Crippen LogP contribution in [0.1, 0.15) is 62.6 Å². The maximum absolute atomic E-state index is 4.36. The average molecular weight is 258 g/mol. The van der Waals surface area contributed by atoms with Gasteiger partial charge in [-0.25, -0.2) is 0 Å². The van der Waals surface area contributed by atoms with Crippen molar-refractivity contribution in [3.8, 4) is 0 Å². The van der Waals surface area contributed by atoms with E-state index in [-0.39, 0.29) is 0 Å². The van der Waals surface area contributed by atoms with Gasteiger partial charge in [0, 0.05) is 12.4 Å². The molecule has 0 spiro atoms. The Morgan fingerprint density at radius 1 is 1.26 bits per heavy atom. The summed E-state index contributed by atoms with van der Waals surface area (Å²) in [5.41, 5.74) is 4.13. The number of allylic oxidation sites excluding steroid dienone is 1. The molecule has 1 N–H and O–H groups in total.